The molecule has 0 bridgehead atoms. The van der Waals surface area contributed by atoms with Gasteiger partial charge in [0.15, 0.2) is 0 Å². The molecule has 2 unspecified atom stereocenters. The fourth-order valence-electron chi connectivity index (χ4n) is 1.90. The molecule has 1 fully saturated rings. The van der Waals surface area contributed by atoms with E-state index in [4.69, 9.17) is 4.18 Å². The van der Waals surface area contributed by atoms with Gasteiger partial charge in [0.05, 0.1) is 11.5 Å². The molecule has 0 aromatic heterocycles. The third-order valence-corrected chi connectivity index (χ3v) is 3.57. The Balaban J connectivity index is 2.34. The van der Waals surface area contributed by atoms with Gasteiger partial charge in [-0.05, 0) is 45.2 Å². The van der Waals surface area contributed by atoms with Gasteiger partial charge in [-0.15, -0.1) is 0 Å². The molecule has 0 aromatic rings. The fourth-order valence-corrected chi connectivity index (χ4v) is 2.52. The maximum atomic E-state index is 11.1. The molecular formula is C10H19NO3S. The molecule has 15 heavy (non-hydrogen) atoms. The summed E-state index contributed by atoms with van der Waals surface area (Å²) < 4.78 is 27.1. The lowest BCUT2D eigenvalue weighted by atomic mass is 9.94. The first-order chi connectivity index (χ1) is 7.03. The highest BCUT2D eigenvalue weighted by Crippen LogP contribution is 2.18. The monoisotopic (exact) mass is 233 g/mol. The Kier molecular flexibility index (Phi) is 4.76. The van der Waals surface area contributed by atoms with E-state index in [2.05, 4.69) is 11.9 Å². The average molecular weight is 233 g/mol. The van der Waals surface area contributed by atoms with Crippen LogP contribution in [-0.2, 0) is 14.3 Å². The topological polar surface area (TPSA) is 55.4 Å². The van der Waals surface area contributed by atoms with Crippen LogP contribution in [0.1, 0.15) is 26.2 Å². The van der Waals surface area contributed by atoms with E-state index in [1.807, 2.05) is 0 Å². The van der Waals surface area contributed by atoms with E-state index >= 15 is 0 Å². The van der Waals surface area contributed by atoms with Crippen LogP contribution in [0.3, 0.4) is 0 Å². The summed E-state index contributed by atoms with van der Waals surface area (Å²) in [6.45, 7) is 7.02. The van der Waals surface area contributed by atoms with E-state index < -0.39 is 10.1 Å². The first kappa shape index (κ1) is 12.7. The van der Waals surface area contributed by atoms with E-state index in [-0.39, 0.29) is 6.10 Å². The number of nitrogens with one attached hydrogen (secondary N) is 1. The van der Waals surface area contributed by atoms with Crippen LogP contribution in [0.15, 0.2) is 12.0 Å². The Bertz CT molecular complexity index is 294. The number of hydrogen-bond acceptors (Lipinski definition) is 4. The van der Waals surface area contributed by atoms with Crippen LogP contribution in [-0.4, -0.2) is 27.6 Å². The molecule has 0 radical (unpaired) electrons. The van der Waals surface area contributed by atoms with Gasteiger partial charge in [-0.3, -0.25) is 4.18 Å². The molecule has 1 N–H and O–H groups in total. The molecule has 2 atom stereocenters. The van der Waals surface area contributed by atoms with E-state index in [0.717, 1.165) is 37.8 Å². The third-order valence-electron chi connectivity index (χ3n) is 2.57. The summed E-state index contributed by atoms with van der Waals surface area (Å²) in [5.41, 5.74) is 0. The average Bonchev–Trinajstić information content (AvgIpc) is 2.18. The lowest BCUT2D eigenvalue weighted by Gasteiger charge is -2.24. The normalized spacial score (nSPS) is 24.7. The van der Waals surface area contributed by atoms with Crippen LogP contribution in [0.25, 0.3) is 0 Å². The van der Waals surface area contributed by atoms with Crippen molar-refractivity contribution < 1.29 is 12.6 Å². The summed E-state index contributed by atoms with van der Waals surface area (Å²) >= 11 is 0. The molecule has 0 amide bonds. The van der Waals surface area contributed by atoms with Crippen LogP contribution < -0.4 is 5.32 Å². The molecule has 0 saturated carbocycles. The minimum absolute atomic E-state index is 0.266. The molecular weight excluding hydrogens is 214 g/mol. The quantitative estimate of drug-likeness (QED) is 0.726. The van der Waals surface area contributed by atoms with Gasteiger partial charge in [0, 0.05) is 0 Å². The van der Waals surface area contributed by atoms with Gasteiger partial charge in [0.1, 0.15) is 0 Å². The minimum Gasteiger partial charge on any atom is -0.316 e. The summed E-state index contributed by atoms with van der Waals surface area (Å²) in [5, 5.41) is 4.14. The Hall–Kier alpha value is -0.390. The van der Waals surface area contributed by atoms with E-state index in [9.17, 15) is 8.42 Å². The standard InChI is InChI=1S/C10H19NO3S/c1-3-15(12,13)14-9(2)7-10-5-4-6-11-8-10/h3,9-11H,1,4-8H2,2H3. The van der Waals surface area contributed by atoms with E-state index in [0.29, 0.717) is 5.92 Å². The van der Waals surface area contributed by atoms with Crippen LogP contribution in [0.5, 0.6) is 0 Å². The number of hydrogen-bond donors (Lipinski definition) is 1. The lowest BCUT2D eigenvalue weighted by Crippen LogP contribution is -2.32. The zero-order chi connectivity index (χ0) is 11.3. The largest absolute Gasteiger partial charge is 0.316 e. The highest BCUT2D eigenvalue weighted by Gasteiger charge is 2.19. The van der Waals surface area contributed by atoms with Crippen molar-refractivity contribution in [3.63, 3.8) is 0 Å². The first-order valence-corrected chi connectivity index (χ1v) is 6.77. The second kappa shape index (κ2) is 5.63. The molecule has 0 aliphatic carbocycles. The van der Waals surface area contributed by atoms with Crippen molar-refractivity contribution >= 4 is 10.1 Å². The van der Waals surface area contributed by atoms with Crippen LogP contribution >= 0.6 is 0 Å². The van der Waals surface area contributed by atoms with Crippen molar-refractivity contribution in [2.45, 2.75) is 32.3 Å². The summed E-state index contributed by atoms with van der Waals surface area (Å²) in [5.74, 6) is 0.522. The molecule has 1 rings (SSSR count). The molecule has 88 valence electrons. The highest BCUT2D eigenvalue weighted by atomic mass is 32.2. The Morgan fingerprint density at radius 2 is 2.40 bits per heavy atom. The zero-order valence-electron chi connectivity index (χ0n) is 9.11. The van der Waals surface area contributed by atoms with Gasteiger partial charge in [-0.2, -0.15) is 8.42 Å². The fraction of sp³-hybridized carbons (Fsp3) is 0.800. The molecule has 1 aliphatic rings. The van der Waals surface area contributed by atoms with Crippen LogP contribution in [0.2, 0.25) is 0 Å². The van der Waals surface area contributed by atoms with Crippen molar-refractivity contribution in [3.8, 4) is 0 Å². The van der Waals surface area contributed by atoms with Crippen molar-refractivity contribution in [2.24, 2.45) is 5.92 Å². The van der Waals surface area contributed by atoms with E-state index in [1.165, 1.54) is 0 Å². The minimum atomic E-state index is -3.53. The van der Waals surface area contributed by atoms with Crippen molar-refractivity contribution in [1.29, 1.82) is 0 Å². The highest BCUT2D eigenvalue weighted by molar-refractivity contribution is 7.89. The molecule has 5 heteroatoms. The van der Waals surface area contributed by atoms with Gasteiger partial charge < -0.3 is 5.32 Å². The second-order valence-corrected chi connectivity index (χ2v) is 5.53. The van der Waals surface area contributed by atoms with Crippen molar-refractivity contribution in [3.05, 3.63) is 12.0 Å². The predicted octanol–water partition coefficient (Wildman–Crippen LogP) is 1.25. The maximum absolute atomic E-state index is 11.1. The van der Waals surface area contributed by atoms with Crippen molar-refractivity contribution in [2.75, 3.05) is 13.1 Å². The Morgan fingerprint density at radius 1 is 1.67 bits per heavy atom. The van der Waals surface area contributed by atoms with Gasteiger partial charge in [0.25, 0.3) is 10.1 Å². The number of piperidine rings is 1. The predicted molar refractivity (Wildman–Crippen MR) is 59.9 cm³/mol. The Labute approximate surface area is 91.8 Å². The molecule has 1 saturated heterocycles. The zero-order valence-corrected chi connectivity index (χ0v) is 9.92. The molecule has 4 nitrogen and oxygen atoms in total. The molecule has 0 spiro atoms. The second-order valence-electron chi connectivity index (χ2n) is 4.01. The summed E-state index contributed by atoms with van der Waals surface area (Å²) in [6, 6.07) is 0. The van der Waals surface area contributed by atoms with Gasteiger partial charge in [-0.25, -0.2) is 0 Å². The summed E-state index contributed by atoms with van der Waals surface area (Å²) in [4.78, 5) is 0. The van der Waals surface area contributed by atoms with Crippen LogP contribution in [0, 0.1) is 5.92 Å². The molecule has 1 aliphatic heterocycles. The maximum Gasteiger partial charge on any atom is 0.289 e. The van der Waals surface area contributed by atoms with Gasteiger partial charge in [-0.1, -0.05) is 6.58 Å². The molecule has 1 heterocycles. The number of rotatable bonds is 5. The lowest BCUT2D eigenvalue weighted by molar-refractivity contribution is 0.182. The molecule has 0 aromatic carbocycles. The summed E-state index contributed by atoms with van der Waals surface area (Å²) in [6.07, 6.45) is 2.82. The smallest absolute Gasteiger partial charge is 0.289 e. The van der Waals surface area contributed by atoms with Gasteiger partial charge in [0.2, 0.25) is 0 Å². The first-order valence-electron chi connectivity index (χ1n) is 5.30. The van der Waals surface area contributed by atoms with Crippen LogP contribution in [0.4, 0.5) is 0 Å². The SMILES string of the molecule is C=CS(=O)(=O)OC(C)CC1CCCNC1. The van der Waals surface area contributed by atoms with E-state index in [1.54, 1.807) is 6.92 Å². The third kappa shape index (κ3) is 4.77. The van der Waals surface area contributed by atoms with Crippen molar-refractivity contribution in [1.82, 2.24) is 5.32 Å². The summed E-state index contributed by atoms with van der Waals surface area (Å²) in [7, 11) is -3.53. The Morgan fingerprint density at radius 3 is 2.93 bits per heavy atom. The van der Waals surface area contributed by atoms with Gasteiger partial charge >= 0.3 is 0 Å².